The Hall–Kier alpha value is -2.42. The number of hydrogen-bond donors (Lipinski definition) is 1. The Morgan fingerprint density at radius 2 is 2.09 bits per heavy atom. The molecule has 122 valence electrons. The molecule has 23 heavy (non-hydrogen) atoms. The van der Waals surface area contributed by atoms with E-state index in [1.807, 2.05) is 6.07 Å². The third-order valence-corrected chi connectivity index (χ3v) is 4.27. The van der Waals surface area contributed by atoms with Crippen LogP contribution < -0.4 is 5.56 Å². The van der Waals surface area contributed by atoms with Crippen LogP contribution in [0.15, 0.2) is 4.79 Å². The van der Waals surface area contributed by atoms with Crippen molar-refractivity contribution in [1.82, 2.24) is 4.98 Å². The van der Waals surface area contributed by atoms with Gasteiger partial charge >= 0.3 is 5.97 Å². The minimum Gasteiger partial charge on any atom is -0.454 e. The maximum absolute atomic E-state index is 12.0. The Kier molecular flexibility index (Phi) is 5.32. The predicted molar refractivity (Wildman–Crippen MR) is 82.9 cm³/mol. The maximum Gasteiger partial charge on any atom is 0.306 e. The molecule has 6 nitrogen and oxygen atoms in total. The lowest BCUT2D eigenvalue weighted by Gasteiger charge is -2.20. The van der Waals surface area contributed by atoms with Crippen LogP contribution in [0.2, 0.25) is 0 Å². The topological polar surface area (TPSA) is 100 Å². The highest BCUT2D eigenvalue weighted by Crippen LogP contribution is 2.19. The van der Waals surface area contributed by atoms with Crippen LogP contribution in [0.1, 0.15) is 54.5 Å². The number of H-pyrrole nitrogens is 1. The number of nitriles is 1. The number of aromatic nitrogens is 1. The number of carbonyl (C=O) groups is 2. The number of ether oxygens (including phenoxy) is 1. The molecule has 1 saturated carbocycles. The molecule has 0 radical (unpaired) electrons. The summed E-state index contributed by atoms with van der Waals surface area (Å²) in [5.41, 5.74) is 1.67. The van der Waals surface area contributed by atoms with Crippen LogP contribution in [0.4, 0.5) is 0 Å². The summed E-state index contributed by atoms with van der Waals surface area (Å²) in [5, 5.41) is 9.04. The van der Waals surface area contributed by atoms with Gasteiger partial charge < -0.3 is 9.72 Å². The van der Waals surface area contributed by atoms with E-state index in [1.165, 1.54) is 0 Å². The summed E-state index contributed by atoms with van der Waals surface area (Å²) in [7, 11) is 0. The van der Waals surface area contributed by atoms with E-state index in [2.05, 4.69) is 4.98 Å². The molecular weight excluding hydrogens is 296 g/mol. The largest absolute Gasteiger partial charge is 0.454 e. The van der Waals surface area contributed by atoms with Crippen LogP contribution in [0.25, 0.3) is 0 Å². The van der Waals surface area contributed by atoms with Crippen molar-refractivity contribution in [1.29, 1.82) is 5.26 Å². The minimum absolute atomic E-state index is 0.00670. The first kappa shape index (κ1) is 16.9. The SMILES string of the molecule is Cc1[nH]c(=O)c(C#N)c(C)c1CCC(=O)OC1CCCCC1=O. The quantitative estimate of drug-likeness (QED) is 0.854. The molecule has 1 N–H and O–H groups in total. The number of carbonyl (C=O) groups excluding carboxylic acids is 2. The van der Waals surface area contributed by atoms with Gasteiger partial charge in [-0.15, -0.1) is 0 Å². The Morgan fingerprint density at radius 3 is 2.74 bits per heavy atom. The summed E-state index contributed by atoms with van der Waals surface area (Å²) >= 11 is 0. The molecule has 1 unspecified atom stereocenters. The van der Waals surface area contributed by atoms with Gasteiger partial charge in [0, 0.05) is 18.5 Å². The first-order chi connectivity index (χ1) is 10.9. The number of esters is 1. The summed E-state index contributed by atoms with van der Waals surface area (Å²) in [6.07, 6.45) is 2.70. The van der Waals surface area contributed by atoms with Crippen molar-refractivity contribution in [2.24, 2.45) is 0 Å². The van der Waals surface area contributed by atoms with E-state index in [0.717, 1.165) is 18.4 Å². The van der Waals surface area contributed by atoms with E-state index in [0.29, 0.717) is 30.5 Å². The van der Waals surface area contributed by atoms with Gasteiger partial charge in [-0.3, -0.25) is 14.4 Å². The summed E-state index contributed by atoms with van der Waals surface area (Å²) < 4.78 is 5.26. The highest BCUT2D eigenvalue weighted by molar-refractivity contribution is 5.86. The van der Waals surface area contributed by atoms with Gasteiger partial charge in [0.2, 0.25) is 0 Å². The van der Waals surface area contributed by atoms with Crippen LogP contribution in [0.3, 0.4) is 0 Å². The van der Waals surface area contributed by atoms with Crippen LogP contribution in [0, 0.1) is 25.2 Å². The normalized spacial score (nSPS) is 17.6. The maximum atomic E-state index is 12.0. The van der Waals surface area contributed by atoms with Gasteiger partial charge in [-0.25, -0.2) is 0 Å². The van der Waals surface area contributed by atoms with E-state index in [9.17, 15) is 14.4 Å². The average molecular weight is 316 g/mol. The second-order valence-electron chi connectivity index (χ2n) is 5.86. The van der Waals surface area contributed by atoms with E-state index >= 15 is 0 Å². The van der Waals surface area contributed by atoms with Crippen LogP contribution >= 0.6 is 0 Å². The molecule has 1 aliphatic carbocycles. The van der Waals surface area contributed by atoms with Crippen molar-refractivity contribution in [2.75, 3.05) is 0 Å². The van der Waals surface area contributed by atoms with Gasteiger partial charge in [0.15, 0.2) is 11.9 Å². The number of ketones is 1. The van der Waals surface area contributed by atoms with Crippen LogP contribution in [-0.2, 0) is 20.7 Å². The van der Waals surface area contributed by atoms with Crippen molar-refractivity contribution in [3.63, 3.8) is 0 Å². The molecule has 1 heterocycles. The summed E-state index contributed by atoms with van der Waals surface area (Å²) in [5.74, 6) is -0.429. The number of aryl methyl sites for hydroxylation is 1. The standard InChI is InChI=1S/C17H20N2O4/c1-10-12(11(2)19-17(22)13(10)9-18)7-8-16(21)23-15-6-4-3-5-14(15)20/h15H,3-8H2,1-2H3,(H,19,22). The van der Waals surface area contributed by atoms with Gasteiger partial charge in [-0.2, -0.15) is 5.26 Å². The van der Waals surface area contributed by atoms with Crippen LogP contribution in [-0.4, -0.2) is 22.8 Å². The van der Waals surface area contributed by atoms with E-state index in [-0.39, 0.29) is 17.8 Å². The van der Waals surface area contributed by atoms with E-state index in [1.54, 1.807) is 13.8 Å². The molecule has 1 aromatic heterocycles. The number of rotatable bonds is 4. The second-order valence-corrected chi connectivity index (χ2v) is 5.86. The van der Waals surface area contributed by atoms with Crippen molar-refractivity contribution in [2.45, 2.75) is 58.5 Å². The van der Waals surface area contributed by atoms with Gasteiger partial charge in [-0.05, 0) is 50.7 Å². The Bertz CT molecular complexity index is 727. The molecule has 0 spiro atoms. The highest BCUT2D eigenvalue weighted by Gasteiger charge is 2.25. The smallest absolute Gasteiger partial charge is 0.306 e. The molecule has 1 aliphatic rings. The summed E-state index contributed by atoms with van der Waals surface area (Å²) in [6, 6.07) is 1.89. The van der Waals surface area contributed by atoms with Crippen LogP contribution in [0.5, 0.6) is 0 Å². The molecule has 0 aliphatic heterocycles. The predicted octanol–water partition coefficient (Wildman–Crippen LogP) is 1.85. The molecule has 0 bridgehead atoms. The summed E-state index contributed by atoms with van der Waals surface area (Å²) in [4.78, 5) is 37.9. The molecule has 6 heteroatoms. The zero-order valence-corrected chi connectivity index (χ0v) is 13.4. The zero-order valence-electron chi connectivity index (χ0n) is 13.4. The van der Waals surface area contributed by atoms with E-state index < -0.39 is 17.6 Å². The molecular formula is C17H20N2O4. The van der Waals surface area contributed by atoms with Gasteiger partial charge in [0.1, 0.15) is 11.6 Å². The number of nitrogens with one attached hydrogen (secondary N) is 1. The van der Waals surface area contributed by atoms with Gasteiger partial charge in [-0.1, -0.05) is 0 Å². The Morgan fingerprint density at radius 1 is 1.35 bits per heavy atom. The second kappa shape index (κ2) is 7.23. The molecule has 1 atom stereocenters. The Labute approximate surface area is 134 Å². The minimum atomic E-state index is -0.608. The monoisotopic (exact) mass is 316 g/mol. The molecule has 2 rings (SSSR count). The van der Waals surface area contributed by atoms with Crippen molar-refractivity contribution in [3.05, 3.63) is 32.7 Å². The number of nitrogens with zero attached hydrogens (tertiary/aromatic N) is 1. The van der Waals surface area contributed by atoms with E-state index in [4.69, 9.17) is 10.00 Å². The van der Waals surface area contributed by atoms with Gasteiger partial charge in [0.25, 0.3) is 5.56 Å². The third kappa shape index (κ3) is 3.86. The fourth-order valence-electron chi connectivity index (χ4n) is 2.94. The number of pyridine rings is 1. The Balaban J connectivity index is 2.03. The fraction of sp³-hybridized carbons (Fsp3) is 0.529. The van der Waals surface area contributed by atoms with Gasteiger partial charge in [0.05, 0.1) is 0 Å². The average Bonchev–Trinajstić information content (AvgIpc) is 2.49. The first-order valence-electron chi connectivity index (χ1n) is 7.78. The molecule has 0 amide bonds. The molecule has 1 aromatic rings. The molecule has 0 saturated heterocycles. The molecule has 1 fully saturated rings. The lowest BCUT2D eigenvalue weighted by Crippen LogP contribution is -2.30. The zero-order chi connectivity index (χ0) is 17.0. The number of aromatic amines is 1. The lowest BCUT2D eigenvalue weighted by atomic mass is 9.96. The van der Waals surface area contributed by atoms with Crippen molar-refractivity contribution >= 4 is 11.8 Å². The lowest BCUT2D eigenvalue weighted by molar-refractivity contribution is -0.156. The first-order valence-corrected chi connectivity index (χ1v) is 7.78. The van der Waals surface area contributed by atoms with Crippen molar-refractivity contribution in [3.8, 4) is 6.07 Å². The van der Waals surface area contributed by atoms with Crippen molar-refractivity contribution < 1.29 is 14.3 Å². The third-order valence-electron chi connectivity index (χ3n) is 4.27. The highest BCUT2D eigenvalue weighted by atomic mass is 16.5. The number of hydrogen-bond acceptors (Lipinski definition) is 5. The number of Topliss-reactive ketones (excluding diaryl/α,β-unsaturated/α-hetero) is 1. The fourth-order valence-corrected chi connectivity index (χ4v) is 2.94. The summed E-state index contributed by atoms with van der Waals surface area (Å²) in [6.45, 7) is 3.44. The molecule has 0 aromatic carbocycles.